The lowest BCUT2D eigenvalue weighted by atomic mass is 9.66. The molecule has 0 radical (unpaired) electrons. The van der Waals surface area contributed by atoms with E-state index in [1.54, 1.807) is 6.07 Å². The summed E-state index contributed by atoms with van der Waals surface area (Å²) >= 11 is 0. The number of benzene rings is 1. The van der Waals surface area contributed by atoms with E-state index in [9.17, 15) is 23.1 Å². The molecule has 1 aromatic heterocycles. The number of ether oxygens (including phenoxy) is 1. The summed E-state index contributed by atoms with van der Waals surface area (Å²) in [7, 11) is 0. The fraction of sp³-hybridized carbons (Fsp3) is 0.391. The van der Waals surface area contributed by atoms with E-state index in [1.165, 1.54) is 29.4 Å². The summed E-state index contributed by atoms with van der Waals surface area (Å²) in [6.07, 6.45) is -1.74. The van der Waals surface area contributed by atoms with Gasteiger partial charge in [-0.2, -0.15) is 13.2 Å². The zero-order chi connectivity index (χ0) is 22.9. The maximum absolute atomic E-state index is 12.8. The van der Waals surface area contributed by atoms with E-state index in [2.05, 4.69) is 16.8 Å². The Morgan fingerprint density at radius 2 is 1.90 bits per heavy atom. The second-order valence-electron chi connectivity index (χ2n) is 8.49. The van der Waals surface area contributed by atoms with Crippen LogP contribution in [0.15, 0.2) is 42.7 Å². The number of rotatable bonds is 3. The molecule has 1 saturated heterocycles. The van der Waals surface area contributed by atoms with Crippen molar-refractivity contribution in [2.45, 2.75) is 38.9 Å². The number of nitrogens with zero attached hydrogens (tertiary/aromatic N) is 2. The predicted molar refractivity (Wildman–Crippen MR) is 109 cm³/mol. The zero-order valence-corrected chi connectivity index (χ0v) is 17.5. The molecule has 1 aliphatic heterocycles. The summed E-state index contributed by atoms with van der Waals surface area (Å²) in [5.74, 6) is 5.92. The highest BCUT2D eigenvalue weighted by Gasteiger charge is 2.56. The monoisotopic (exact) mass is 432 g/mol. The molecule has 5 nitrogen and oxygen atoms in total. The maximum atomic E-state index is 12.8. The first-order chi connectivity index (χ1) is 14.4. The van der Waals surface area contributed by atoms with Gasteiger partial charge < -0.3 is 9.84 Å². The van der Waals surface area contributed by atoms with Gasteiger partial charge in [-0.1, -0.05) is 38.7 Å². The van der Waals surface area contributed by atoms with Crippen LogP contribution in [0.2, 0.25) is 0 Å². The number of likely N-dealkylation sites (tertiary alicyclic amines) is 1. The van der Waals surface area contributed by atoms with Gasteiger partial charge in [0.05, 0.1) is 17.3 Å². The van der Waals surface area contributed by atoms with Crippen LogP contribution >= 0.6 is 0 Å². The van der Waals surface area contributed by atoms with Crippen molar-refractivity contribution in [3.63, 3.8) is 0 Å². The van der Waals surface area contributed by atoms with E-state index in [1.807, 2.05) is 20.8 Å². The largest absolute Gasteiger partial charge is 0.489 e. The van der Waals surface area contributed by atoms with Gasteiger partial charge in [0.2, 0.25) is 0 Å². The SMILES string of the molecule is CC(C)(C)[C@]1(COc2cncc(C#Cc3cccc(C(F)(F)F)c3)c2)CCN1C(=O)O. The number of hydrogen-bond donors (Lipinski definition) is 1. The van der Waals surface area contributed by atoms with E-state index in [0.29, 0.717) is 24.3 Å². The molecule has 31 heavy (non-hydrogen) atoms. The average Bonchev–Trinajstić information content (AvgIpc) is 2.64. The van der Waals surface area contributed by atoms with Gasteiger partial charge in [-0.25, -0.2) is 4.79 Å². The Balaban J connectivity index is 1.76. The summed E-state index contributed by atoms with van der Waals surface area (Å²) in [6.45, 7) is 6.54. The molecule has 164 valence electrons. The van der Waals surface area contributed by atoms with Gasteiger partial charge in [0.1, 0.15) is 12.4 Å². The van der Waals surface area contributed by atoms with Crippen molar-refractivity contribution >= 4 is 6.09 Å². The molecular formula is C23H23F3N2O3. The van der Waals surface area contributed by atoms with Crippen LogP contribution in [0.25, 0.3) is 0 Å². The van der Waals surface area contributed by atoms with Crippen molar-refractivity contribution in [1.29, 1.82) is 0 Å². The number of pyridine rings is 1. The summed E-state index contributed by atoms with van der Waals surface area (Å²) in [4.78, 5) is 17.1. The molecule has 2 aromatic rings. The minimum Gasteiger partial charge on any atom is -0.489 e. The van der Waals surface area contributed by atoms with Gasteiger partial charge in [0.15, 0.2) is 0 Å². The van der Waals surface area contributed by atoms with E-state index < -0.39 is 23.4 Å². The van der Waals surface area contributed by atoms with Crippen LogP contribution < -0.4 is 4.74 Å². The van der Waals surface area contributed by atoms with Crippen molar-refractivity contribution < 1.29 is 27.8 Å². The van der Waals surface area contributed by atoms with E-state index >= 15 is 0 Å². The molecule has 2 heterocycles. The van der Waals surface area contributed by atoms with E-state index in [-0.39, 0.29) is 17.6 Å². The number of halogens is 3. The van der Waals surface area contributed by atoms with Crippen LogP contribution in [0.4, 0.5) is 18.0 Å². The lowest BCUT2D eigenvalue weighted by molar-refractivity contribution is -0.137. The number of hydrogen-bond acceptors (Lipinski definition) is 3. The molecule has 1 aromatic carbocycles. The summed E-state index contributed by atoms with van der Waals surface area (Å²) in [6, 6.07) is 6.43. The van der Waals surface area contributed by atoms with Gasteiger partial charge >= 0.3 is 12.3 Å². The predicted octanol–water partition coefficient (Wildman–Crippen LogP) is 5.05. The molecule has 1 N–H and O–H groups in total. The number of alkyl halides is 3. The third-order valence-electron chi connectivity index (χ3n) is 5.62. The second kappa shape index (κ2) is 8.14. The fourth-order valence-electron chi connectivity index (χ4n) is 3.61. The molecule has 1 aliphatic rings. The van der Waals surface area contributed by atoms with Crippen LogP contribution in [0.5, 0.6) is 5.75 Å². The molecule has 1 atom stereocenters. The van der Waals surface area contributed by atoms with Crippen molar-refractivity contribution in [3.05, 3.63) is 59.4 Å². The first-order valence-electron chi connectivity index (χ1n) is 9.70. The number of amides is 1. The Kier molecular flexibility index (Phi) is 5.90. The quantitative estimate of drug-likeness (QED) is 0.690. The third-order valence-corrected chi connectivity index (χ3v) is 5.62. The summed E-state index contributed by atoms with van der Waals surface area (Å²) in [5.41, 5.74) is -1.04. The number of carboxylic acid groups (broad SMARTS) is 1. The Labute approximate surface area is 178 Å². The molecular weight excluding hydrogens is 409 g/mol. The van der Waals surface area contributed by atoms with Crippen LogP contribution in [-0.4, -0.2) is 39.8 Å². The lowest BCUT2D eigenvalue weighted by Gasteiger charge is -2.57. The molecule has 0 unspecified atom stereocenters. The molecule has 8 heteroatoms. The van der Waals surface area contributed by atoms with Crippen LogP contribution in [0.3, 0.4) is 0 Å². The first-order valence-corrected chi connectivity index (χ1v) is 9.70. The number of aromatic nitrogens is 1. The van der Waals surface area contributed by atoms with Crippen molar-refractivity contribution in [3.8, 4) is 17.6 Å². The summed E-state index contributed by atoms with van der Waals surface area (Å²) < 4.78 is 44.4. The van der Waals surface area contributed by atoms with Gasteiger partial charge in [0, 0.05) is 23.9 Å². The molecule has 3 rings (SSSR count). The Morgan fingerprint density at radius 1 is 1.19 bits per heavy atom. The standard InChI is InChI=1S/C23H23F3N2O3/c1-21(2,3)22(9-10-28(22)20(29)30)15-31-19-12-17(13-27-14-19)8-7-16-5-4-6-18(11-16)23(24,25)26/h4-6,11-14H,9-10,15H2,1-3H3,(H,29,30)/t22-/m1/s1. The third kappa shape index (κ3) is 4.76. The van der Waals surface area contributed by atoms with E-state index in [4.69, 9.17) is 4.74 Å². The Hall–Kier alpha value is -3.21. The van der Waals surface area contributed by atoms with Crippen molar-refractivity contribution in [1.82, 2.24) is 9.88 Å². The highest BCUT2D eigenvalue weighted by atomic mass is 19.4. The minimum atomic E-state index is -4.43. The normalized spacial score (nSPS) is 18.6. The number of carbonyl (C=O) groups is 1. The van der Waals surface area contributed by atoms with Crippen LogP contribution in [0.1, 0.15) is 43.9 Å². The van der Waals surface area contributed by atoms with Gasteiger partial charge in [-0.3, -0.25) is 9.88 Å². The van der Waals surface area contributed by atoms with Crippen LogP contribution in [-0.2, 0) is 6.18 Å². The van der Waals surface area contributed by atoms with Crippen molar-refractivity contribution in [2.75, 3.05) is 13.2 Å². The maximum Gasteiger partial charge on any atom is 0.416 e. The molecule has 0 bridgehead atoms. The first kappa shape index (κ1) is 22.5. The molecule has 0 spiro atoms. The fourth-order valence-corrected chi connectivity index (χ4v) is 3.61. The Morgan fingerprint density at radius 3 is 2.48 bits per heavy atom. The minimum absolute atomic E-state index is 0.162. The topological polar surface area (TPSA) is 62.7 Å². The van der Waals surface area contributed by atoms with Crippen molar-refractivity contribution in [2.24, 2.45) is 5.41 Å². The van der Waals surface area contributed by atoms with Gasteiger partial charge in [-0.15, -0.1) is 0 Å². The smallest absolute Gasteiger partial charge is 0.416 e. The van der Waals surface area contributed by atoms with Crippen LogP contribution in [0, 0.1) is 17.3 Å². The second-order valence-corrected chi connectivity index (χ2v) is 8.49. The van der Waals surface area contributed by atoms with E-state index in [0.717, 1.165) is 12.1 Å². The molecule has 0 aliphatic carbocycles. The summed E-state index contributed by atoms with van der Waals surface area (Å²) in [5, 5.41) is 9.49. The molecule has 0 saturated carbocycles. The Bertz CT molecular complexity index is 1030. The highest BCUT2D eigenvalue weighted by molar-refractivity contribution is 5.68. The van der Waals surface area contributed by atoms with Gasteiger partial charge in [0.25, 0.3) is 0 Å². The lowest BCUT2D eigenvalue weighted by Crippen LogP contribution is -2.70. The average molecular weight is 432 g/mol. The van der Waals surface area contributed by atoms with Gasteiger partial charge in [-0.05, 0) is 36.1 Å². The molecule has 1 fully saturated rings. The zero-order valence-electron chi connectivity index (χ0n) is 17.5. The highest BCUT2D eigenvalue weighted by Crippen LogP contribution is 2.45. The molecule has 1 amide bonds.